The number of carbonyl (C=O) groups excluding carboxylic acids is 1. The molecule has 1 aromatic heterocycles. The Kier molecular flexibility index (Phi) is 5.59. The second-order valence-corrected chi connectivity index (χ2v) is 6.46. The predicted molar refractivity (Wildman–Crippen MR) is 97.0 cm³/mol. The maximum absolute atomic E-state index is 12.2. The van der Waals surface area contributed by atoms with E-state index in [-0.39, 0.29) is 5.91 Å². The van der Waals surface area contributed by atoms with E-state index in [1.54, 1.807) is 6.20 Å². The Morgan fingerprint density at radius 3 is 2.54 bits per heavy atom. The van der Waals surface area contributed by atoms with Crippen molar-refractivity contribution in [3.8, 4) is 11.3 Å². The number of carbonyl (C=O) groups is 1. The lowest BCUT2D eigenvalue weighted by Gasteiger charge is -2.14. The Hall–Kier alpha value is -2.20. The molecule has 4 heteroatoms. The lowest BCUT2D eigenvalue weighted by molar-refractivity contribution is 0.0951. The SMILES string of the molecule is Cc1ccc(-c2ccc(C(=O)NCCCN3CCCC3)cn2)cc1. The zero-order valence-corrected chi connectivity index (χ0v) is 14.3. The van der Waals surface area contributed by atoms with Crippen LogP contribution in [0.4, 0.5) is 0 Å². The van der Waals surface area contributed by atoms with Crippen LogP contribution in [0.1, 0.15) is 35.2 Å². The molecule has 126 valence electrons. The van der Waals surface area contributed by atoms with Crippen molar-refractivity contribution in [2.75, 3.05) is 26.2 Å². The molecule has 0 unspecified atom stereocenters. The third-order valence-electron chi connectivity index (χ3n) is 4.51. The molecule has 0 radical (unpaired) electrons. The van der Waals surface area contributed by atoms with Gasteiger partial charge in [0.25, 0.3) is 5.91 Å². The number of nitrogens with one attached hydrogen (secondary N) is 1. The molecule has 0 bridgehead atoms. The van der Waals surface area contributed by atoms with Gasteiger partial charge in [-0.05, 0) is 58.0 Å². The summed E-state index contributed by atoms with van der Waals surface area (Å²) in [5.41, 5.74) is 3.80. The van der Waals surface area contributed by atoms with Gasteiger partial charge in [0.15, 0.2) is 0 Å². The summed E-state index contributed by atoms with van der Waals surface area (Å²) in [6.45, 7) is 6.27. The van der Waals surface area contributed by atoms with E-state index in [0.717, 1.165) is 30.8 Å². The van der Waals surface area contributed by atoms with E-state index in [1.807, 2.05) is 12.1 Å². The third kappa shape index (κ3) is 4.42. The van der Waals surface area contributed by atoms with Gasteiger partial charge < -0.3 is 10.2 Å². The molecule has 2 heterocycles. The largest absolute Gasteiger partial charge is 0.352 e. The maximum atomic E-state index is 12.2. The second-order valence-electron chi connectivity index (χ2n) is 6.46. The van der Waals surface area contributed by atoms with E-state index in [4.69, 9.17) is 0 Å². The summed E-state index contributed by atoms with van der Waals surface area (Å²) in [6.07, 6.45) is 5.28. The number of pyridine rings is 1. The standard InChI is InChI=1S/C20H25N3O/c1-16-5-7-17(8-6-16)19-10-9-18(15-22-19)20(24)21-11-4-14-23-12-2-3-13-23/h5-10,15H,2-4,11-14H2,1H3,(H,21,24). The number of likely N-dealkylation sites (tertiary alicyclic amines) is 1. The smallest absolute Gasteiger partial charge is 0.252 e. The molecular weight excluding hydrogens is 298 g/mol. The first-order valence-corrected chi connectivity index (χ1v) is 8.76. The molecule has 1 saturated heterocycles. The van der Waals surface area contributed by atoms with E-state index < -0.39 is 0 Å². The highest BCUT2D eigenvalue weighted by Gasteiger charge is 2.11. The van der Waals surface area contributed by atoms with Gasteiger partial charge in [-0.1, -0.05) is 29.8 Å². The molecule has 0 spiro atoms. The number of aryl methyl sites for hydroxylation is 1. The van der Waals surface area contributed by atoms with Crippen LogP contribution in [0, 0.1) is 6.92 Å². The molecule has 0 saturated carbocycles. The summed E-state index contributed by atoms with van der Waals surface area (Å²) in [7, 11) is 0. The molecule has 1 amide bonds. The zero-order chi connectivity index (χ0) is 16.8. The topological polar surface area (TPSA) is 45.2 Å². The van der Waals surface area contributed by atoms with Gasteiger partial charge in [0.1, 0.15) is 0 Å². The third-order valence-corrected chi connectivity index (χ3v) is 4.51. The van der Waals surface area contributed by atoms with E-state index in [9.17, 15) is 4.79 Å². The van der Waals surface area contributed by atoms with E-state index in [0.29, 0.717) is 5.56 Å². The van der Waals surface area contributed by atoms with Gasteiger partial charge in [-0.25, -0.2) is 0 Å². The summed E-state index contributed by atoms with van der Waals surface area (Å²) in [5, 5.41) is 2.98. The van der Waals surface area contributed by atoms with Crippen LogP contribution in [0.3, 0.4) is 0 Å². The number of hydrogen-bond acceptors (Lipinski definition) is 3. The molecule has 24 heavy (non-hydrogen) atoms. The first kappa shape index (κ1) is 16.7. The first-order chi connectivity index (χ1) is 11.7. The van der Waals surface area contributed by atoms with E-state index in [2.05, 4.69) is 46.4 Å². The number of nitrogens with zero attached hydrogens (tertiary/aromatic N) is 2. The average Bonchev–Trinajstić information content (AvgIpc) is 3.13. The second kappa shape index (κ2) is 8.06. The van der Waals surface area contributed by atoms with Crippen molar-refractivity contribution in [3.63, 3.8) is 0 Å². The molecule has 0 atom stereocenters. The highest BCUT2D eigenvalue weighted by Crippen LogP contribution is 2.17. The molecule has 3 rings (SSSR count). The Labute approximate surface area is 143 Å². The summed E-state index contributed by atoms with van der Waals surface area (Å²) in [4.78, 5) is 19.1. The van der Waals surface area contributed by atoms with E-state index in [1.165, 1.54) is 31.5 Å². The number of rotatable bonds is 6. The van der Waals surface area contributed by atoms with Gasteiger partial charge in [-0.15, -0.1) is 0 Å². The van der Waals surface area contributed by atoms with Crippen LogP contribution < -0.4 is 5.32 Å². The van der Waals surface area contributed by atoms with Crippen LogP contribution in [0.15, 0.2) is 42.6 Å². The molecular formula is C20H25N3O. The van der Waals surface area contributed by atoms with Crippen molar-refractivity contribution >= 4 is 5.91 Å². The summed E-state index contributed by atoms with van der Waals surface area (Å²) in [5.74, 6) is -0.0422. The fourth-order valence-electron chi connectivity index (χ4n) is 3.04. The minimum atomic E-state index is -0.0422. The van der Waals surface area contributed by atoms with Crippen molar-refractivity contribution < 1.29 is 4.79 Å². The Balaban J connectivity index is 1.49. The fraction of sp³-hybridized carbons (Fsp3) is 0.400. The molecule has 1 fully saturated rings. The van der Waals surface area contributed by atoms with Gasteiger partial charge in [-0.3, -0.25) is 9.78 Å². The van der Waals surface area contributed by atoms with Crippen molar-refractivity contribution in [1.82, 2.24) is 15.2 Å². The fourth-order valence-corrected chi connectivity index (χ4v) is 3.04. The summed E-state index contributed by atoms with van der Waals surface area (Å²) >= 11 is 0. The predicted octanol–water partition coefficient (Wildman–Crippen LogP) is 3.27. The van der Waals surface area contributed by atoms with Crippen molar-refractivity contribution in [2.24, 2.45) is 0 Å². The van der Waals surface area contributed by atoms with Gasteiger partial charge >= 0.3 is 0 Å². The number of benzene rings is 1. The summed E-state index contributed by atoms with van der Waals surface area (Å²) in [6, 6.07) is 12.0. The van der Waals surface area contributed by atoms with Crippen molar-refractivity contribution in [2.45, 2.75) is 26.2 Å². The minimum Gasteiger partial charge on any atom is -0.352 e. The molecule has 2 aromatic rings. The van der Waals surface area contributed by atoms with Crippen LogP contribution >= 0.6 is 0 Å². The maximum Gasteiger partial charge on any atom is 0.252 e. The Morgan fingerprint density at radius 2 is 1.88 bits per heavy atom. The Morgan fingerprint density at radius 1 is 1.12 bits per heavy atom. The highest BCUT2D eigenvalue weighted by atomic mass is 16.1. The normalized spacial score (nSPS) is 14.7. The molecule has 0 aliphatic carbocycles. The van der Waals surface area contributed by atoms with Crippen LogP contribution in [0.2, 0.25) is 0 Å². The van der Waals surface area contributed by atoms with Crippen LogP contribution in [-0.2, 0) is 0 Å². The average molecular weight is 323 g/mol. The van der Waals surface area contributed by atoms with Crippen LogP contribution in [0.5, 0.6) is 0 Å². The van der Waals surface area contributed by atoms with Gasteiger partial charge in [0.2, 0.25) is 0 Å². The molecule has 1 N–H and O–H groups in total. The number of amides is 1. The van der Waals surface area contributed by atoms with Crippen molar-refractivity contribution in [1.29, 1.82) is 0 Å². The number of hydrogen-bond donors (Lipinski definition) is 1. The molecule has 1 aromatic carbocycles. The van der Waals surface area contributed by atoms with Crippen LogP contribution in [-0.4, -0.2) is 42.0 Å². The van der Waals surface area contributed by atoms with Gasteiger partial charge in [-0.2, -0.15) is 0 Å². The highest BCUT2D eigenvalue weighted by molar-refractivity contribution is 5.94. The molecule has 4 nitrogen and oxygen atoms in total. The number of aromatic nitrogens is 1. The first-order valence-electron chi connectivity index (χ1n) is 8.76. The Bertz CT molecular complexity index is 658. The zero-order valence-electron chi connectivity index (χ0n) is 14.3. The summed E-state index contributed by atoms with van der Waals surface area (Å²) < 4.78 is 0. The van der Waals surface area contributed by atoms with E-state index >= 15 is 0 Å². The molecule has 1 aliphatic heterocycles. The minimum absolute atomic E-state index is 0.0422. The lowest BCUT2D eigenvalue weighted by Crippen LogP contribution is -2.28. The van der Waals surface area contributed by atoms with Gasteiger partial charge in [0.05, 0.1) is 11.3 Å². The molecule has 1 aliphatic rings. The van der Waals surface area contributed by atoms with Crippen molar-refractivity contribution in [3.05, 3.63) is 53.7 Å². The van der Waals surface area contributed by atoms with Crippen LogP contribution in [0.25, 0.3) is 11.3 Å². The monoisotopic (exact) mass is 323 g/mol. The lowest BCUT2D eigenvalue weighted by atomic mass is 10.1. The van der Waals surface area contributed by atoms with Gasteiger partial charge in [0, 0.05) is 18.3 Å². The quantitative estimate of drug-likeness (QED) is 0.830.